The van der Waals surface area contributed by atoms with Crippen molar-refractivity contribution in [2.45, 2.75) is 5.51 Å². The first kappa shape index (κ1) is 20.1. The van der Waals surface area contributed by atoms with Gasteiger partial charge in [0.15, 0.2) is 0 Å². The van der Waals surface area contributed by atoms with Gasteiger partial charge in [-0.25, -0.2) is 14.4 Å². The summed E-state index contributed by atoms with van der Waals surface area (Å²) in [5.74, 6) is -1.96. The second-order valence-electron chi connectivity index (χ2n) is 4.05. The quantitative estimate of drug-likeness (QED) is 0.343. The van der Waals surface area contributed by atoms with Gasteiger partial charge in [-0.1, -0.05) is 13.2 Å². The van der Waals surface area contributed by atoms with Gasteiger partial charge in [-0.15, -0.1) is 0 Å². The summed E-state index contributed by atoms with van der Waals surface area (Å²) in [6.45, 7) is 6.39. The van der Waals surface area contributed by atoms with Crippen LogP contribution in [0.1, 0.15) is 0 Å². The molecular weight excluding hydrogens is 365 g/mol. The third kappa shape index (κ3) is 7.92. The van der Waals surface area contributed by atoms with E-state index in [1.54, 1.807) is 0 Å². The Bertz CT molecular complexity index is 666. The van der Waals surface area contributed by atoms with E-state index in [1.165, 1.54) is 4.72 Å². The Kier molecular flexibility index (Phi) is 7.06. The Hall–Kier alpha value is -2.95. The van der Waals surface area contributed by atoms with Gasteiger partial charge in [0.2, 0.25) is 0 Å². The van der Waals surface area contributed by atoms with Crippen LogP contribution in [0.25, 0.3) is 0 Å². The minimum atomic E-state index is -4.66. The smallest absolute Gasteiger partial charge is 0.423 e. The number of carbonyl (C=O) groups is 3. The molecule has 0 aliphatic heterocycles. The van der Waals surface area contributed by atoms with Gasteiger partial charge in [-0.05, 0) is 0 Å². The molecule has 7 nitrogen and oxygen atoms in total. The zero-order valence-electron chi connectivity index (χ0n) is 12.4. The molecule has 0 unspecified atom stereocenters. The summed E-state index contributed by atoms with van der Waals surface area (Å²) in [6.07, 6.45) is 1.73. The number of rotatable bonds is 6. The minimum Gasteiger partial charge on any atom is -0.423 e. The molecule has 25 heavy (non-hydrogen) atoms. The second kappa shape index (κ2) is 8.78. The molecule has 0 aromatic heterocycles. The largest absolute Gasteiger partial charge is 0.461 e. The lowest BCUT2D eigenvalue weighted by atomic mass is 10.2. The van der Waals surface area contributed by atoms with Crippen molar-refractivity contribution in [2.75, 3.05) is 5.32 Å². The van der Waals surface area contributed by atoms with E-state index in [0.717, 1.165) is 30.4 Å². The summed E-state index contributed by atoms with van der Waals surface area (Å²) in [5, 5.41) is 2.07. The first-order chi connectivity index (χ1) is 11.6. The van der Waals surface area contributed by atoms with Gasteiger partial charge >= 0.3 is 23.5 Å². The standard InChI is InChI=1S/C14H11F3N2O5S/c1-3-11(20)23-9-5-8(6-10(7-9)24-12(21)4-2)18-13(22)19-25-14(15,16)17/h3-7H,1-2H2,(H2,18,19,22). The normalized spacial score (nSPS) is 10.4. The van der Waals surface area contributed by atoms with Crippen molar-refractivity contribution < 1.29 is 37.0 Å². The fourth-order valence-corrected chi connectivity index (χ4v) is 1.60. The van der Waals surface area contributed by atoms with Gasteiger partial charge in [-0.2, -0.15) is 13.2 Å². The molecule has 0 aliphatic carbocycles. The van der Waals surface area contributed by atoms with Crippen LogP contribution in [0.4, 0.5) is 23.7 Å². The van der Waals surface area contributed by atoms with E-state index in [-0.39, 0.29) is 17.2 Å². The van der Waals surface area contributed by atoms with Crippen LogP contribution in [-0.4, -0.2) is 23.5 Å². The fraction of sp³-hybridized carbons (Fsp3) is 0.0714. The Morgan fingerprint density at radius 2 is 1.48 bits per heavy atom. The summed E-state index contributed by atoms with van der Waals surface area (Å²) in [4.78, 5) is 33.9. The summed E-state index contributed by atoms with van der Waals surface area (Å²) in [7, 11) is 0. The molecule has 0 bridgehead atoms. The summed E-state index contributed by atoms with van der Waals surface area (Å²) in [5.41, 5.74) is -4.76. The van der Waals surface area contributed by atoms with Crippen molar-refractivity contribution in [1.82, 2.24) is 4.72 Å². The SMILES string of the molecule is C=CC(=O)Oc1cc(NC(=O)NSC(F)(F)F)cc(OC(=O)C=C)c1. The highest BCUT2D eigenvalue weighted by atomic mass is 32.2. The molecule has 1 rings (SSSR count). The van der Waals surface area contributed by atoms with Crippen LogP contribution in [0.2, 0.25) is 0 Å². The average Bonchev–Trinajstić information content (AvgIpc) is 2.51. The van der Waals surface area contributed by atoms with Crippen molar-refractivity contribution in [3.8, 4) is 11.5 Å². The molecule has 2 N–H and O–H groups in total. The van der Waals surface area contributed by atoms with E-state index in [4.69, 9.17) is 9.47 Å². The molecule has 0 heterocycles. The van der Waals surface area contributed by atoms with Crippen LogP contribution in [0.5, 0.6) is 11.5 Å². The third-order valence-electron chi connectivity index (χ3n) is 2.17. The molecular formula is C14H11F3N2O5S. The lowest BCUT2D eigenvalue weighted by Gasteiger charge is -2.11. The van der Waals surface area contributed by atoms with Crippen molar-refractivity contribution in [1.29, 1.82) is 0 Å². The van der Waals surface area contributed by atoms with E-state index in [9.17, 15) is 27.6 Å². The van der Waals surface area contributed by atoms with E-state index in [0.29, 0.717) is 0 Å². The molecule has 0 atom stereocenters. The monoisotopic (exact) mass is 376 g/mol. The Balaban J connectivity index is 2.96. The molecule has 2 amide bonds. The van der Waals surface area contributed by atoms with E-state index in [2.05, 4.69) is 18.5 Å². The number of amides is 2. The number of carbonyl (C=O) groups excluding carboxylic acids is 3. The van der Waals surface area contributed by atoms with Crippen LogP contribution < -0.4 is 19.5 Å². The zero-order valence-corrected chi connectivity index (χ0v) is 13.2. The lowest BCUT2D eigenvalue weighted by Crippen LogP contribution is -2.26. The Morgan fingerprint density at radius 3 is 1.88 bits per heavy atom. The number of hydrogen-bond donors (Lipinski definition) is 2. The van der Waals surface area contributed by atoms with Crippen LogP contribution in [0, 0.1) is 0 Å². The van der Waals surface area contributed by atoms with Crippen molar-refractivity contribution in [3.63, 3.8) is 0 Å². The molecule has 0 aliphatic rings. The number of hydrogen-bond acceptors (Lipinski definition) is 6. The van der Waals surface area contributed by atoms with Crippen molar-refractivity contribution >= 4 is 35.6 Å². The van der Waals surface area contributed by atoms with E-state index >= 15 is 0 Å². The molecule has 1 aromatic rings. The van der Waals surface area contributed by atoms with Gasteiger partial charge < -0.3 is 14.8 Å². The highest BCUT2D eigenvalue weighted by Crippen LogP contribution is 2.29. The van der Waals surface area contributed by atoms with Gasteiger partial charge in [-0.3, -0.25) is 4.72 Å². The van der Waals surface area contributed by atoms with Gasteiger partial charge in [0.25, 0.3) is 0 Å². The third-order valence-corrected chi connectivity index (χ3v) is 2.69. The predicted octanol–water partition coefficient (Wildman–Crippen LogP) is 3.16. The number of nitrogens with one attached hydrogen (secondary N) is 2. The first-order valence-electron chi connectivity index (χ1n) is 6.28. The van der Waals surface area contributed by atoms with Crippen molar-refractivity contribution in [3.05, 3.63) is 43.5 Å². The first-order valence-corrected chi connectivity index (χ1v) is 7.10. The topological polar surface area (TPSA) is 93.7 Å². The van der Waals surface area contributed by atoms with Crippen molar-refractivity contribution in [2.24, 2.45) is 0 Å². The molecule has 0 saturated carbocycles. The second-order valence-corrected chi connectivity index (χ2v) is 4.92. The number of esters is 2. The molecule has 11 heteroatoms. The maximum absolute atomic E-state index is 12.0. The van der Waals surface area contributed by atoms with Gasteiger partial charge in [0, 0.05) is 36.0 Å². The van der Waals surface area contributed by atoms with Crippen LogP contribution in [0.15, 0.2) is 43.5 Å². The maximum Gasteiger partial charge on any atom is 0.461 e. The zero-order chi connectivity index (χ0) is 19.0. The highest BCUT2D eigenvalue weighted by molar-refractivity contribution is 7.98. The molecule has 0 radical (unpaired) electrons. The van der Waals surface area contributed by atoms with E-state index < -0.39 is 35.4 Å². The summed E-state index contributed by atoms with van der Waals surface area (Å²) < 4.78 is 47.3. The molecule has 134 valence electrons. The minimum absolute atomic E-state index is 0.0958. The lowest BCUT2D eigenvalue weighted by molar-refractivity contribution is -0.129. The van der Waals surface area contributed by atoms with E-state index in [1.807, 2.05) is 0 Å². The number of halogens is 3. The van der Waals surface area contributed by atoms with Gasteiger partial charge in [0.05, 0.1) is 11.9 Å². The Morgan fingerprint density at radius 1 is 1.00 bits per heavy atom. The maximum atomic E-state index is 12.0. The average molecular weight is 376 g/mol. The highest BCUT2D eigenvalue weighted by Gasteiger charge is 2.30. The molecule has 0 saturated heterocycles. The molecule has 0 spiro atoms. The number of benzene rings is 1. The number of ether oxygens (including phenoxy) is 2. The van der Waals surface area contributed by atoms with Gasteiger partial charge in [0.1, 0.15) is 11.5 Å². The van der Waals surface area contributed by atoms with Crippen LogP contribution in [0.3, 0.4) is 0 Å². The predicted molar refractivity (Wildman–Crippen MR) is 83.9 cm³/mol. The summed E-state index contributed by atoms with van der Waals surface area (Å²) >= 11 is -0.761. The molecule has 0 fully saturated rings. The van der Waals surface area contributed by atoms with Crippen LogP contribution in [-0.2, 0) is 9.59 Å². The number of urea groups is 1. The Labute approximate surface area is 144 Å². The number of anilines is 1. The van der Waals surface area contributed by atoms with Crippen LogP contribution >= 0.6 is 11.9 Å². The summed E-state index contributed by atoms with van der Waals surface area (Å²) in [6, 6.07) is 2.21. The fourth-order valence-electron chi connectivity index (χ4n) is 1.34. The molecule has 1 aromatic carbocycles. The number of alkyl halides is 3.